The molecule has 0 spiro atoms. The average molecular weight is 1230 g/mol. The van der Waals surface area contributed by atoms with Gasteiger partial charge in [0.1, 0.15) is 12.2 Å². The summed E-state index contributed by atoms with van der Waals surface area (Å²) in [5.74, 6) is 10.2. The summed E-state index contributed by atoms with van der Waals surface area (Å²) < 4.78 is 121. The van der Waals surface area contributed by atoms with Crippen molar-refractivity contribution in [2.75, 3.05) is 310 Å². The molecule has 0 bridgehead atoms. The SMILES string of the molecule is CC(C)(C)OC(=O)NOCCOCCOCCOCCOCCOCCOCCOCCOCCOCCOCCOCC(=O)N(CCOCCOCCOCCOCCOCCNN)CCOCCOCCOCCOCCOCCNN. The lowest BCUT2D eigenvalue weighted by atomic mass is 10.2. The minimum Gasteiger partial charge on any atom is -0.442 e. The molecule has 0 aliphatic rings. The molecule has 0 aromatic carbocycles. The maximum Gasteiger partial charge on any atom is 0.431 e. The number of rotatable bonds is 72. The molecule has 31 nitrogen and oxygen atoms in total. The normalized spacial score (nSPS) is 11.8. The van der Waals surface area contributed by atoms with E-state index in [4.69, 9.17) is 121 Å². The lowest BCUT2D eigenvalue weighted by molar-refractivity contribution is -0.138. The van der Waals surface area contributed by atoms with E-state index in [2.05, 4.69) is 16.3 Å². The highest BCUT2D eigenvalue weighted by Crippen LogP contribution is 2.06. The number of hydrogen-bond donors (Lipinski definition) is 5. The van der Waals surface area contributed by atoms with Crippen LogP contribution in [0.1, 0.15) is 20.8 Å². The maximum absolute atomic E-state index is 13.1. The third kappa shape index (κ3) is 70.5. The third-order valence-electron chi connectivity index (χ3n) is 9.95. The standard InChI is InChI=1S/C53H110N6O25/c1-53(2,3)84-52(61)58-83-49-48-81-45-44-79-41-40-77-37-36-75-33-32-73-29-28-72-30-31-74-34-35-76-38-39-78-42-43-80-46-47-82-50-51(60)59(6-10-64-14-18-68-22-26-70-24-20-66-16-12-62-8-4-56-54)7-11-65-15-19-69-23-27-71-25-21-67-17-13-63-9-5-57-55/h56-57H,4-50,54-55H2,1-3H3,(H,58,61). The summed E-state index contributed by atoms with van der Waals surface area (Å²) in [5.41, 5.74) is 6.65. The molecule has 0 aliphatic heterocycles. The van der Waals surface area contributed by atoms with Crippen LogP contribution < -0.4 is 28.0 Å². The molecular formula is C53H110N6O25. The molecule has 0 rings (SSSR count). The topological polar surface area (TPSA) is 338 Å². The molecule has 0 heterocycles. The van der Waals surface area contributed by atoms with Gasteiger partial charge in [0.25, 0.3) is 0 Å². The number of hydrogen-bond acceptors (Lipinski definition) is 29. The van der Waals surface area contributed by atoms with Gasteiger partial charge < -0.3 is 109 Å². The molecule has 2 amide bonds. The predicted molar refractivity (Wildman–Crippen MR) is 303 cm³/mol. The first kappa shape index (κ1) is 81.7. The predicted octanol–water partition coefficient (Wildman–Crippen LogP) is -1.45. The van der Waals surface area contributed by atoms with Crippen LogP contribution in [0.2, 0.25) is 0 Å². The van der Waals surface area contributed by atoms with Crippen molar-refractivity contribution < 1.29 is 119 Å². The van der Waals surface area contributed by atoms with E-state index in [0.29, 0.717) is 290 Å². The lowest BCUT2D eigenvalue weighted by Crippen LogP contribution is -2.39. The Hall–Kier alpha value is -2.30. The van der Waals surface area contributed by atoms with E-state index >= 15 is 0 Å². The first-order chi connectivity index (χ1) is 41.3. The summed E-state index contributed by atoms with van der Waals surface area (Å²) in [6.07, 6.45) is -0.648. The number of nitrogens with two attached hydrogens (primary N) is 2. The van der Waals surface area contributed by atoms with Gasteiger partial charge in [-0.1, -0.05) is 0 Å². The fraction of sp³-hybridized carbons (Fsp3) is 0.962. The van der Waals surface area contributed by atoms with Crippen LogP contribution in [-0.2, 0) is 114 Å². The van der Waals surface area contributed by atoms with Crippen LogP contribution in [0, 0.1) is 0 Å². The van der Waals surface area contributed by atoms with Crippen LogP contribution in [-0.4, -0.2) is 333 Å². The second kappa shape index (κ2) is 69.8. The van der Waals surface area contributed by atoms with Crippen molar-refractivity contribution in [3.63, 3.8) is 0 Å². The van der Waals surface area contributed by atoms with Gasteiger partial charge in [-0.3, -0.25) is 32.2 Å². The van der Waals surface area contributed by atoms with E-state index < -0.39 is 11.7 Å². The van der Waals surface area contributed by atoms with E-state index in [1.807, 2.05) is 0 Å². The molecule has 0 aromatic heterocycles. The summed E-state index contributed by atoms with van der Waals surface area (Å²) >= 11 is 0. The molecule has 502 valence electrons. The number of hydroxylamine groups is 1. The lowest BCUT2D eigenvalue weighted by Gasteiger charge is -2.23. The van der Waals surface area contributed by atoms with Crippen LogP contribution in [0.3, 0.4) is 0 Å². The Bertz CT molecular complexity index is 1280. The molecule has 0 unspecified atom stereocenters. The number of ether oxygens (including phenoxy) is 22. The molecule has 84 heavy (non-hydrogen) atoms. The van der Waals surface area contributed by atoms with Gasteiger partial charge in [0.15, 0.2) is 0 Å². The number of hydrazine groups is 2. The third-order valence-corrected chi connectivity index (χ3v) is 9.95. The van der Waals surface area contributed by atoms with Gasteiger partial charge in [0.05, 0.1) is 277 Å². The Kier molecular flexibility index (Phi) is 67.9. The van der Waals surface area contributed by atoms with Crippen molar-refractivity contribution in [3.05, 3.63) is 0 Å². The Labute approximate surface area is 499 Å². The highest BCUT2D eigenvalue weighted by Gasteiger charge is 2.16. The van der Waals surface area contributed by atoms with Crippen molar-refractivity contribution in [1.29, 1.82) is 0 Å². The Morgan fingerprint density at radius 3 is 0.726 bits per heavy atom. The second-order valence-corrected chi connectivity index (χ2v) is 18.0. The van der Waals surface area contributed by atoms with Crippen molar-refractivity contribution in [2.24, 2.45) is 11.7 Å². The first-order valence-electron chi connectivity index (χ1n) is 29.2. The van der Waals surface area contributed by atoms with Gasteiger partial charge in [0.2, 0.25) is 5.91 Å². The van der Waals surface area contributed by atoms with Crippen molar-refractivity contribution >= 4 is 12.0 Å². The van der Waals surface area contributed by atoms with Gasteiger partial charge in [-0.25, -0.2) is 4.79 Å². The molecule has 0 saturated carbocycles. The number of nitrogens with one attached hydrogen (secondary N) is 3. The molecule has 0 saturated heterocycles. The van der Waals surface area contributed by atoms with Gasteiger partial charge in [-0.05, 0) is 20.8 Å². The molecule has 0 atom stereocenters. The van der Waals surface area contributed by atoms with Crippen LogP contribution in [0.4, 0.5) is 4.79 Å². The summed E-state index contributed by atoms with van der Waals surface area (Å²) in [6.45, 7) is 24.7. The molecule has 0 radical (unpaired) electrons. The quantitative estimate of drug-likeness (QED) is 0.0264. The first-order valence-corrected chi connectivity index (χ1v) is 29.2. The maximum atomic E-state index is 13.1. The molecule has 0 aromatic rings. The number of carbonyl (C=O) groups excluding carboxylic acids is 2. The highest BCUT2D eigenvalue weighted by molar-refractivity contribution is 5.77. The van der Waals surface area contributed by atoms with Crippen LogP contribution in [0.15, 0.2) is 0 Å². The zero-order valence-corrected chi connectivity index (χ0v) is 51.0. The summed E-state index contributed by atoms with van der Waals surface area (Å²) in [6, 6.07) is 0. The van der Waals surface area contributed by atoms with Crippen molar-refractivity contribution in [3.8, 4) is 0 Å². The number of carbonyl (C=O) groups is 2. The fourth-order valence-electron chi connectivity index (χ4n) is 5.90. The largest absolute Gasteiger partial charge is 0.442 e. The monoisotopic (exact) mass is 1230 g/mol. The summed E-state index contributed by atoms with van der Waals surface area (Å²) in [7, 11) is 0. The number of nitrogens with zero attached hydrogens (tertiary/aromatic N) is 1. The second-order valence-electron chi connectivity index (χ2n) is 18.0. The average Bonchev–Trinajstić information content (AvgIpc) is 3.48. The van der Waals surface area contributed by atoms with Crippen LogP contribution >= 0.6 is 0 Å². The Balaban J connectivity index is 3.83. The van der Waals surface area contributed by atoms with Crippen LogP contribution in [0.25, 0.3) is 0 Å². The van der Waals surface area contributed by atoms with E-state index in [1.165, 1.54) is 0 Å². The van der Waals surface area contributed by atoms with Gasteiger partial charge in [0, 0.05) is 26.2 Å². The molecule has 31 heteroatoms. The summed E-state index contributed by atoms with van der Waals surface area (Å²) in [5, 5.41) is 0. The molecular weight excluding hydrogens is 1120 g/mol. The fourth-order valence-corrected chi connectivity index (χ4v) is 5.90. The van der Waals surface area contributed by atoms with E-state index in [0.717, 1.165) is 0 Å². The summed E-state index contributed by atoms with van der Waals surface area (Å²) in [4.78, 5) is 31.2. The highest BCUT2D eigenvalue weighted by atomic mass is 16.7. The van der Waals surface area contributed by atoms with Crippen molar-refractivity contribution in [2.45, 2.75) is 26.4 Å². The van der Waals surface area contributed by atoms with Gasteiger partial charge in [-0.2, -0.15) is 5.48 Å². The smallest absolute Gasteiger partial charge is 0.431 e. The Morgan fingerprint density at radius 2 is 0.500 bits per heavy atom. The zero-order chi connectivity index (χ0) is 60.9. The van der Waals surface area contributed by atoms with E-state index in [-0.39, 0.29) is 25.7 Å². The van der Waals surface area contributed by atoms with Gasteiger partial charge in [-0.15, -0.1) is 0 Å². The molecule has 7 N–H and O–H groups in total. The number of amides is 2. The van der Waals surface area contributed by atoms with Crippen LogP contribution in [0.5, 0.6) is 0 Å². The molecule has 0 fully saturated rings. The molecule has 0 aliphatic carbocycles. The minimum atomic E-state index is -0.648. The minimum absolute atomic E-state index is 0.111. The zero-order valence-electron chi connectivity index (χ0n) is 51.0. The Morgan fingerprint density at radius 1 is 0.298 bits per heavy atom. The van der Waals surface area contributed by atoms with E-state index in [9.17, 15) is 9.59 Å². The van der Waals surface area contributed by atoms with Gasteiger partial charge >= 0.3 is 6.09 Å². The van der Waals surface area contributed by atoms with Crippen molar-refractivity contribution in [1.82, 2.24) is 21.2 Å². The van der Waals surface area contributed by atoms with E-state index in [1.54, 1.807) is 25.7 Å².